The summed E-state index contributed by atoms with van der Waals surface area (Å²) in [7, 11) is 0. The molecule has 0 aliphatic heterocycles. The van der Waals surface area contributed by atoms with Crippen LogP contribution in [0.15, 0.2) is 0 Å². The summed E-state index contributed by atoms with van der Waals surface area (Å²) < 4.78 is 0. The second-order valence-electron chi connectivity index (χ2n) is 0.382. The van der Waals surface area contributed by atoms with E-state index in [-0.39, 0.29) is 0 Å². The minimum atomic E-state index is 0.361. The van der Waals surface area contributed by atoms with E-state index in [9.17, 15) is 0 Å². The largest absolute Gasteiger partial charge is 0.317 e. The summed E-state index contributed by atoms with van der Waals surface area (Å²) in [6.07, 6.45) is 0. The molecule has 4 heavy (non-hydrogen) atoms. The molecule has 0 saturated carbocycles. The smallest absolute Gasteiger partial charge is 0.215 e. The fourth-order valence-electron chi connectivity index (χ4n) is 0. The van der Waals surface area contributed by atoms with Crippen LogP contribution < -0.4 is 0 Å². The maximum atomic E-state index is 6.01. The number of nitrogens with zero attached hydrogens (tertiary/aromatic N) is 1. The lowest BCUT2D eigenvalue weighted by Crippen LogP contribution is -1.48. The van der Waals surface area contributed by atoms with Gasteiger partial charge in [-0.3, -0.25) is 0 Å². The summed E-state index contributed by atoms with van der Waals surface area (Å²) in [6.45, 7) is 9.62. The molecular weight excluding hydrogens is 50.0 g/mol. The summed E-state index contributed by atoms with van der Waals surface area (Å²) in [5.41, 5.74) is 0. The van der Waals surface area contributed by atoms with E-state index in [0.29, 0.717) is 6.54 Å². The predicted molar refractivity (Wildman–Crippen MR) is 16.8 cm³/mol. The van der Waals surface area contributed by atoms with Gasteiger partial charge in [-0.05, 0) is 0 Å². The van der Waals surface area contributed by atoms with Crippen LogP contribution >= 0.6 is 0 Å². The average Bonchev–Trinajstić information content (AvgIpc) is 1.37. The van der Waals surface area contributed by atoms with E-state index in [1.807, 2.05) is 0 Å². The Labute approximate surface area is 26.1 Å². The molecule has 21 valence electrons. The zero-order chi connectivity index (χ0) is 3.41. The van der Waals surface area contributed by atoms with Crippen molar-refractivity contribution in [3.8, 4) is 0 Å². The van der Waals surface area contributed by atoms with Crippen molar-refractivity contribution in [2.75, 3.05) is 6.54 Å². The third-order valence-electron chi connectivity index (χ3n) is 0.112. The van der Waals surface area contributed by atoms with Gasteiger partial charge in [0, 0.05) is 6.92 Å². The van der Waals surface area contributed by atoms with Gasteiger partial charge in [-0.2, -0.15) is 0 Å². The third kappa shape index (κ3) is 1.49. The molecule has 0 aromatic rings. The van der Waals surface area contributed by atoms with Crippen molar-refractivity contribution in [3.05, 3.63) is 18.3 Å². The van der Waals surface area contributed by atoms with E-state index in [1.165, 1.54) is 0 Å². The molecule has 1 radical (unpaired) electrons. The summed E-state index contributed by atoms with van der Waals surface area (Å²) >= 11 is 0. The second kappa shape index (κ2) is 2.49. The molecule has 0 saturated heterocycles. The molecule has 0 heterocycles. The van der Waals surface area contributed by atoms with E-state index in [4.69, 9.17) is 6.57 Å². The number of hydrogen-bond acceptors (Lipinski definition) is 0. The Morgan fingerprint density at radius 2 is 2.25 bits per heavy atom. The van der Waals surface area contributed by atoms with Crippen molar-refractivity contribution in [2.45, 2.75) is 0 Å². The van der Waals surface area contributed by atoms with Gasteiger partial charge >= 0.3 is 0 Å². The molecule has 0 atom stereocenters. The van der Waals surface area contributed by atoms with Crippen LogP contribution in [0.1, 0.15) is 0 Å². The molecule has 0 spiro atoms. The highest BCUT2D eigenvalue weighted by Gasteiger charge is 1.51. The minimum absolute atomic E-state index is 0.361. The van der Waals surface area contributed by atoms with Gasteiger partial charge in [0.1, 0.15) is 0 Å². The number of hydrogen-bond donors (Lipinski definition) is 0. The Kier molecular flexibility index (Phi) is 2.17. The SMILES string of the molecule is [C-]#[N+]C[CH2]. The van der Waals surface area contributed by atoms with Crippen LogP contribution in [0.4, 0.5) is 0 Å². The molecule has 0 fully saturated rings. The first-order valence-corrected chi connectivity index (χ1v) is 1.04. The molecular formula is C3H4N. The minimum Gasteiger partial charge on any atom is -0.317 e. The van der Waals surface area contributed by atoms with Crippen molar-refractivity contribution in [3.63, 3.8) is 0 Å². The van der Waals surface area contributed by atoms with Crippen molar-refractivity contribution in [1.82, 2.24) is 0 Å². The van der Waals surface area contributed by atoms with Crippen LogP contribution in [0.2, 0.25) is 0 Å². The summed E-state index contributed by atoms with van der Waals surface area (Å²) in [5, 5.41) is 0. The van der Waals surface area contributed by atoms with Crippen LogP contribution in [0.5, 0.6) is 0 Å². The van der Waals surface area contributed by atoms with Gasteiger partial charge in [0.05, 0.1) is 0 Å². The van der Waals surface area contributed by atoms with Crippen molar-refractivity contribution < 1.29 is 0 Å². The van der Waals surface area contributed by atoms with Crippen LogP contribution in [0.3, 0.4) is 0 Å². The average molecular weight is 54.1 g/mol. The fourth-order valence-corrected chi connectivity index (χ4v) is 0. The highest BCUT2D eigenvalue weighted by molar-refractivity contribution is 4.56. The van der Waals surface area contributed by atoms with Crippen molar-refractivity contribution in [1.29, 1.82) is 0 Å². The fraction of sp³-hybridized carbons (Fsp3) is 0.333. The van der Waals surface area contributed by atoms with E-state index < -0.39 is 0 Å². The number of rotatable bonds is 0. The third-order valence-corrected chi connectivity index (χ3v) is 0.112. The van der Waals surface area contributed by atoms with Crippen LogP contribution in [0.25, 0.3) is 4.85 Å². The maximum Gasteiger partial charge on any atom is 0.215 e. The van der Waals surface area contributed by atoms with Gasteiger partial charge < -0.3 is 4.85 Å². The van der Waals surface area contributed by atoms with Crippen LogP contribution in [-0.4, -0.2) is 6.54 Å². The molecule has 0 N–H and O–H groups in total. The Morgan fingerprint density at radius 3 is 2.25 bits per heavy atom. The maximum absolute atomic E-state index is 6.01. The van der Waals surface area contributed by atoms with Crippen LogP contribution in [0, 0.1) is 13.5 Å². The molecule has 0 rings (SSSR count). The normalized spacial score (nSPS) is 5.00. The molecule has 0 aromatic heterocycles. The van der Waals surface area contributed by atoms with Gasteiger partial charge in [-0.25, -0.2) is 6.57 Å². The quantitative estimate of drug-likeness (QED) is 0.359. The molecule has 0 bridgehead atoms. The molecule has 0 aromatic carbocycles. The highest BCUT2D eigenvalue weighted by Crippen LogP contribution is 1.51. The highest BCUT2D eigenvalue weighted by atomic mass is 14.6. The van der Waals surface area contributed by atoms with Crippen molar-refractivity contribution in [2.24, 2.45) is 0 Å². The lowest BCUT2D eigenvalue weighted by molar-refractivity contribution is 1.55. The lowest BCUT2D eigenvalue weighted by atomic mass is 10.8. The van der Waals surface area contributed by atoms with E-state index in [1.54, 1.807) is 0 Å². The van der Waals surface area contributed by atoms with E-state index in [2.05, 4.69) is 11.8 Å². The van der Waals surface area contributed by atoms with Crippen LogP contribution in [-0.2, 0) is 0 Å². The van der Waals surface area contributed by atoms with Gasteiger partial charge in [-0.1, -0.05) is 0 Å². The zero-order valence-corrected chi connectivity index (χ0v) is 2.36. The van der Waals surface area contributed by atoms with E-state index in [0.717, 1.165) is 0 Å². The summed E-state index contributed by atoms with van der Waals surface area (Å²) in [6, 6.07) is 0. The first-order chi connectivity index (χ1) is 1.91. The standard InChI is InChI=1S/C3H4N/c1-3-4-2/h1,3H2. The summed E-state index contributed by atoms with van der Waals surface area (Å²) in [4.78, 5) is 2.88. The first-order valence-electron chi connectivity index (χ1n) is 1.04. The van der Waals surface area contributed by atoms with Crippen molar-refractivity contribution >= 4 is 0 Å². The molecule has 0 amide bonds. The second-order valence-corrected chi connectivity index (χ2v) is 0.382. The summed E-state index contributed by atoms with van der Waals surface area (Å²) in [5.74, 6) is 0. The molecule has 0 unspecified atom stereocenters. The zero-order valence-electron chi connectivity index (χ0n) is 2.36. The van der Waals surface area contributed by atoms with Gasteiger partial charge in [0.15, 0.2) is 0 Å². The topological polar surface area (TPSA) is 4.36 Å². The van der Waals surface area contributed by atoms with Gasteiger partial charge in [0.2, 0.25) is 6.54 Å². The van der Waals surface area contributed by atoms with Gasteiger partial charge in [0.25, 0.3) is 0 Å². The lowest BCUT2D eigenvalue weighted by Gasteiger charge is -1.51. The van der Waals surface area contributed by atoms with Gasteiger partial charge in [-0.15, -0.1) is 0 Å². The Morgan fingerprint density at radius 1 is 2.00 bits per heavy atom. The Balaban J connectivity index is 2.43. The predicted octanol–water partition coefficient (Wildman–Crippen LogP) is 0.740. The first kappa shape index (κ1) is 3.49. The Bertz CT molecular complexity index is 33.0. The molecule has 0 aliphatic rings. The monoisotopic (exact) mass is 54.0 g/mol. The molecule has 1 nitrogen and oxygen atoms in total. The van der Waals surface area contributed by atoms with E-state index >= 15 is 0 Å². The molecule has 1 heteroatoms. The Hall–Kier alpha value is -0.510. The molecule has 0 aliphatic carbocycles.